The van der Waals surface area contributed by atoms with Crippen LogP contribution in [0.4, 0.5) is 4.39 Å². The Labute approximate surface area is 119 Å². The standard InChI is InChI=1S/C16H22FNO2/c1-11-3-4-13(9-14(11)17)15(19)6-8-18-7-5-12(2)16(20)10-18/h3-4,9,12,16,20H,5-8,10H2,1-2H3. The number of Topliss-reactive ketones (excluding diaryl/α,β-unsaturated/α-hetero) is 1. The number of aryl methyl sites for hydroxylation is 1. The minimum Gasteiger partial charge on any atom is -0.392 e. The van der Waals surface area contributed by atoms with E-state index >= 15 is 0 Å². The van der Waals surface area contributed by atoms with Gasteiger partial charge in [-0.05, 0) is 37.4 Å². The summed E-state index contributed by atoms with van der Waals surface area (Å²) in [5, 5.41) is 9.82. The summed E-state index contributed by atoms with van der Waals surface area (Å²) in [6, 6.07) is 4.62. The minimum atomic E-state index is -0.335. The maximum atomic E-state index is 13.4. The molecule has 1 aromatic carbocycles. The van der Waals surface area contributed by atoms with E-state index in [0.29, 0.717) is 36.6 Å². The van der Waals surface area contributed by atoms with Crippen LogP contribution < -0.4 is 0 Å². The van der Waals surface area contributed by atoms with E-state index in [1.54, 1.807) is 19.1 Å². The molecule has 2 atom stereocenters. The Kier molecular flexibility index (Phi) is 4.89. The van der Waals surface area contributed by atoms with E-state index in [4.69, 9.17) is 0 Å². The highest BCUT2D eigenvalue weighted by Gasteiger charge is 2.24. The van der Waals surface area contributed by atoms with E-state index in [1.807, 2.05) is 6.92 Å². The molecular weight excluding hydrogens is 257 g/mol. The smallest absolute Gasteiger partial charge is 0.164 e. The number of nitrogens with zero attached hydrogens (tertiary/aromatic N) is 1. The Morgan fingerprint density at radius 2 is 2.25 bits per heavy atom. The van der Waals surface area contributed by atoms with Gasteiger partial charge >= 0.3 is 0 Å². The lowest BCUT2D eigenvalue weighted by Gasteiger charge is -2.34. The van der Waals surface area contributed by atoms with Gasteiger partial charge in [-0.2, -0.15) is 0 Å². The number of aliphatic hydroxyl groups is 1. The average Bonchev–Trinajstić information content (AvgIpc) is 2.43. The van der Waals surface area contributed by atoms with Crippen molar-refractivity contribution in [2.45, 2.75) is 32.8 Å². The van der Waals surface area contributed by atoms with Gasteiger partial charge in [0.1, 0.15) is 5.82 Å². The molecule has 0 amide bonds. The lowest BCUT2D eigenvalue weighted by molar-refractivity contribution is 0.0287. The fourth-order valence-electron chi connectivity index (χ4n) is 2.49. The van der Waals surface area contributed by atoms with Crippen molar-refractivity contribution in [1.82, 2.24) is 4.90 Å². The highest BCUT2D eigenvalue weighted by atomic mass is 19.1. The molecule has 110 valence electrons. The predicted octanol–water partition coefficient (Wildman–Crippen LogP) is 2.41. The molecular formula is C16H22FNO2. The molecule has 1 aromatic rings. The highest BCUT2D eigenvalue weighted by Crippen LogP contribution is 2.17. The number of aliphatic hydroxyl groups excluding tert-OH is 1. The van der Waals surface area contributed by atoms with Crippen LogP contribution in [-0.4, -0.2) is 41.5 Å². The molecule has 0 aromatic heterocycles. The summed E-state index contributed by atoms with van der Waals surface area (Å²) in [5.74, 6) is -0.0526. The topological polar surface area (TPSA) is 40.5 Å². The van der Waals surface area contributed by atoms with Crippen molar-refractivity contribution in [2.75, 3.05) is 19.6 Å². The Bertz CT molecular complexity index is 489. The Hall–Kier alpha value is -1.26. The third kappa shape index (κ3) is 3.64. The van der Waals surface area contributed by atoms with Gasteiger partial charge in [-0.25, -0.2) is 4.39 Å². The van der Waals surface area contributed by atoms with Crippen molar-refractivity contribution in [3.8, 4) is 0 Å². The number of benzene rings is 1. The Balaban J connectivity index is 1.87. The first-order valence-electron chi connectivity index (χ1n) is 7.17. The van der Waals surface area contributed by atoms with Crippen LogP contribution in [0.2, 0.25) is 0 Å². The molecule has 0 saturated carbocycles. The number of carbonyl (C=O) groups excluding carboxylic acids is 1. The van der Waals surface area contributed by atoms with Crippen LogP contribution in [-0.2, 0) is 0 Å². The summed E-state index contributed by atoms with van der Waals surface area (Å²) < 4.78 is 13.4. The first-order valence-corrected chi connectivity index (χ1v) is 7.17. The van der Waals surface area contributed by atoms with Gasteiger partial charge < -0.3 is 10.0 Å². The second kappa shape index (κ2) is 6.46. The summed E-state index contributed by atoms with van der Waals surface area (Å²) in [6.45, 7) is 5.88. The summed E-state index contributed by atoms with van der Waals surface area (Å²) in [6.07, 6.45) is 1.01. The van der Waals surface area contributed by atoms with Crippen LogP contribution in [0.5, 0.6) is 0 Å². The number of β-amino-alcohol motifs (C(OH)–C–C–N with tert-alkyl or cyclic N) is 1. The first-order chi connectivity index (χ1) is 9.47. The molecule has 0 radical (unpaired) electrons. The molecule has 4 heteroatoms. The maximum Gasteiger partial charge on any atom is 0.164 e. The lowest BCUT2D eigenvalue weighted by Crippen LogP contribution is -2.43. The molecule has 1 N–H and O–H groups in total. The van der Waals surface area contributed by atoms with E-state index < -0.39 is 0 Å². The third-order valence-corrected chi connectivity index (χ3v) is 4.15. The third-order valence-electron chi connectivity index (χ3n) is 4.15. The highest BCUT2D eigenvalue weighted by molar-refractivity contribution is 5.96. The van der Waals surface area contributed by atoms with Crippen LogP contribution in [0.25, 0.3) is 0 Å². The van der Waals surface area contributed by atoms with E-state index in [1.165, 1.54) is 6.07 Å². The number of hydrogen-bond acceptors (Lipinski definition) is 3. The molecule has 1 saturated heterocycles. The van der Waals surface area contributed by atoms with Gasteiger partial charge in [0.25, 0.3) is 0 Å². The molecule has 20 heavy (non-hydrogen) atoms. The second-order valence-corrected chi connectivity index (χ2v) is 5.77. The fourth-order valence-corrected chi connectivity index (χ4v) is 2.49. The number of ketones is 1. The number of rotatable bonds is 4. The zero-order chi connectivity index (χ0) is 14.7. The predicted molar refractivity (Wildman–Crippen MR) is 76.3 cm³/mol. The van der Waals surface area contributed by atoms with E-state index in [9.17, 15) is 14.3 Å². The first kappa shape index (κ1) is 15.1. The average molecular weight is 279 g/mol. The van der Waals surface area contributed by atoms with Gasteiger partial charge in [-0.15, -0.1) is 0 Å². The van der Waals surface area contributed by atoms with Crippen LogP contribution in [0.1, 0.15) is 35.7 Å². The van der Waals surface area contributed by atoms with Gasteiger partial charge in [-0.1, -0.05) is 19.1 Å². The van der Waals surface area contributed by atoms with Crippen molar-refractivity contribution in [1.29, 1.82) is 0 Å². The zero-order valence-corrected chi connectivity index (χ0v) is 12.1. The van der Waals surface area contributed by atoms with Crippen LogP contribution in [0.3, 0.4) is 0 Å². The Morgan fingerprint density at radius 1 is 1.50 bits per heavy atom. The molecule has 3 nitrogen and oxygen atoms in total. The number of carbonyl (C=O) groups is 1. The number of hydrogen-bond donors (Lipinski definition) is 1. The minimum absolute atomic E-state index is 0.0444. The maximum absolute atomic E-state index is 13.4. The normalized spacial score (nSPS) is 23.8. The van der Waals surface area contributed by atoms with Gasteiger partial charge in [0.2, 0.25) is 0 Å². The van der Waals surface area contributed by atoms with Crippen molar-refractivity contribution in [2.24, 2.45) is 5.92 Å². The van der Waals surface area contributed by atoms with Gasteiger partial charge in [0.15, 0.2) is 5.78 Å². The zero-order valence-electron chi connectivity index (χ0n) is 12.1. The number of likely N-dealkylation sites (tertiary alicyclic amines) is 1. The van der Waals surface area contributed by atoms with Gasteiger partial charge in [0, 0.05) is 25.1 Å². The molecule has 2 unspecified atom stereocenters. The molecule has 2 rings (SSSR count). The van der Waals surface area contributed by atoms with Gasteiger partial charge in [0.05, 0.1) is 6.10 Å². The van der Waals surface area contributed by atoms with Crippen LogP contribution >= 0.6 is 0 Å². The van der Waals surface area contributed by atoms with E-state index in [-0.39, 0.29) is 17.7 Å². The van der Waals surface area contributed by atoms with Crippen molar-refractivity contribution < 1.29 is 14.3 Å². The van der Waals surface area contributed by atoms with Crippen LogP contribution in [0, 0.1) is 18.7 Å². The fraction of sp³-hybridized carbons (Fsp3) is 0.562. The summed E-state index contributed by atoms with van der Waals surface area (Å²) in [7, 11) is 0. The summed E-state index contributed by atoms with van der Waals surface area (Å²) >= 11 is 0. The quantitative estimate of drug-likeness (QED) is 0.860. The molecule has 0 bridgehead atoms. The van der Waals surface area contributed by atoms with Crippen LogP contribution in [0.15, 0.2) is 18.2 Å². The number of halogens is 1. The molecule has 1 aliphatic rings. The molecule has 1 heterocycles. The second-order valence-electron chi connectivity index (χ2n) is 5.77. The summed E-state index contributed by atoms with van der Waals surface area (Å²) in [5.41, 5.74) is 0.980. The monoisotopic (exact) mass is 279 g/mol. The van der Waals surface area contributed by atoms with Gasteiger partial charge in [-0.3, -0.25) is 4.79 Å². The summed E-state index contributed by atoms with van der Waals surface area (Å²) in [4.78, 5) is 14.1. The SMILES string of the molecule is Cc1ccc(C(=O)CCN2CCC(C)C(O)C2)cc1F. The van der Waals surface area contributed by atoms with E-state index in [0.717, 1.165) is 13.0 Å². The van der Waals surface area contributed by atoms with Crippen molar-refractivity contribution >= 4 is 5.78 Å². The molecule has 0 spiro atoms. The van der Waals surface area contributed by atoms with Crippen molar-refractivity contribution in [3.05, 3.63) is 35.1 Å². The lowest BCUT2D eigenvalue weighted by atomic mass is 9.95. The van der Waals surface area contributed by atoms with E-state index in [2.05, 4.69) is 4.90 Å². The molecule has 1 aliphatic heterocycles. The van der Waals surface area contributed by atoms with Crippen molar-refractivity contribution in [3.63, 3.8) is 0 Å². The largest absolute Gasteiger partial charge is 0.392 e. The Morgan fingerprint density at radius 3 is 2.90 bits per heavy atom. The molecule has 0 aliphatic carbocycles. The molecule has 1 fully saturated rings. The number of piperidine rings is 1.